The molecule has 1 rings (SSSR count). The molecule has 1 atom stereocenters. The predicted molar refractivity (Wildman–Crippen MR) is 146 cm³/mol. The molecule has 1 aliphatic rings. The van der Waals surface area contributed by atoms with Gasteiger partial charge in [0.25, 0.3) is 0 Å². The summed E-state index contributed by atoms with van der Waals surface area (Å²) in [5.74, 6) is 0.963. The number of hydrogen-bond acceptors (Lipinski definition) is 2. The van der Waals surface area contributed by atoms with E-state index in [4.69, 9.17) is 0 Å². The summed E-state index contributed by atoms with van der Waals surface area (Å²) in [5.41, 5.74) is 0. The standard InChI is InChI=1S/C30H57N2/c1-3-5-7-9-10-11-12-13-14-15-16-17-18-20-24-29(23-19-8-6-4-2)25-21-22-26-30-31-27-28-32-30/h27-29H,3-26H2,1-2H3/q+1. The highest BCUT2D eigenvalue weighted by molar-refractivity contribution is 6.18. The van der Waals surface area contributed by atoms with Crippen LogP contribution in [0.3, 0.4) is 0 Å². The van der Waals surface area contributed by atoms with E-state index < -0.39 is 0 Å². The molecule has 0 saturated carbocycles. The lowest BCUT2D eigenvalue weighted by Gasteiger charge is -2.17. The van der Waals surface area contributed by atoms with E-state index in [-0.39, 0.29) is 0 Å². The second-order valence-electron chi connectivity index (χ2n) is 10.3. The highest BCUT2D eigenvalue weighted by Gasteiger charge is 2.15. The smallest absolute Gasteiger partial charge is 0.0968 e. The summed E-state index contributed by atoms with van der Waals surface area (Å²) in [6.45, 7) is 4.62. The van der Waals surface area contributed by atoms with Crippen LogP contribution < -0.4 is 0 Å². The summed E-state index contributed by atoms with van der Waals surface area (Å²) in [6, 6.07) is 0. The SMILES string of the molecule is CCCCCCCCCCCCCCCCC(CCCCCC)CCCC[C+]1N=CC=N1. The molecule has 0 fully saturated rings. The zero-order valence-electron chi connectivity index (χ0n) is 22.1. The van der Waals surface area contributed by atoms with Crippen LogP contribution in [0.1, 0.15) is 168 Å². The first-order valence-electron chi connectivity index (χ1n) is 14.8. The van der Waals surface area contributed by atoms with Gasteiger partial charge in [-0.1, -0.05) is 165 Å². The zero-order valence-corrected chi connectivity index (χ0v) is 22.1. The van der Waals surface area contributed by atoms with E-state index in [1.807, 2.05) is 12.4 Å². The third kappa shape index (κ3) is 18.8. The van der Waals surface area contributed by atoms with Gasteiger partial charge in [-0.25, -0.2) is 0 Å². The monoisotopic (exact) mass is 445 g/mol. The van der Waals surface area contributed by atoms with Crippen LogP contribution in [-0.4, -0.2) is 12.4 Å². The van der Waals surface area contributed by atoms with Gasteiger partial charge < -0.3 is 0 Å². The molecule has 32 heavy (non-hydrogen) atoms. The molecule has 0 amide bonds. The highest BCUT2D eigenvalue weighted by Crippen LogP contribution is 2.25. The predicted octanol–water partition coefficient (Wildman–Crippen LogP) is 10.6. The van der Waals surface area contributed by atoms with Crippen LogP contribution in [0.15, 0.2) is 9.98 Å². The maximum Gasteiger partial charge on any atom is 0.240 e. The first kappa shape index (κ1) is 29.2. The molecule has 0 saturated heterocycles. The zero-order chi connectivity index (χ0) is 23.0. The lowest BCUT2D eigenvalue weighted by atomic mass is 9.89. The molecular formula is C30H57N2+. The van der Waals surface area contributed by atoms with Crippen LogP contribution in [-0.2, 0) is 0 Å². The maximum absolute atomic E-state index is 4.31. The van der Waals surface area contributed by atoms with Crippen LogP contribution in [0.4, 0.5) is 0 Å². The Kier molecular flexibility index (Phi) is 21.4. The lowest BCUT2D eigenvalue weighted by molar-refractivity contribution is 0.368. The van der Waals surface area contributed by atoms with Crippen molar-refractivity contribution in [2.75, 3.05) is 0 Å². The number of unbranched alkanes of at least 4 members (excludes halogenated alkanes) is 17. The Morgan fingerprint density at radius 1 is 0.469 bits per heavy atom. The Balaban J connectivity index is 1.96. The molecule has 0 bridgehead atoms. The molecule has 1 unspecified atom stereocenters. The fourth-order valence-electron chi connectivity index (χ4n) is 5.04. The second-order valence-corrected chi connectivity index (χ2v) is 10.3. The fraction of sp³-hybridized carbons (Fsp3) is 0.900. The molecule has 0 N–H and O–H groups in total. The van der Waals surface area contributed by atoms with E-state index in [1.165, 1.54) is 148 Å². The number of nitrogens with zero attached hydrogens (tertiary/aromatic N) is 2. The highest BCUT2D eigenvalue weighted by atomic mass is 15.0. The third-order valence-electron chi connectivity index (χ3n) is 7.21. The van der Waals surface area contributed by atoms with Gasteiger partial charge in [-0.2, -0.15) is 0 Å². The summed E-state index contributed by atoms with van der Waals surface area (Å²) < 4.78 is 0. The van der Waals surface area contributed by atoms with Gasteiger partial charge in [0.15, 0.2) is 12.4 Å². The van der Waals surface area contributed by atoms with Crippen LogP contribution in [0, 0.1) is 12.1 Å². The molecule has 1 heterocycles. The Labute approximate surface area is 202 Å². The largest absolute Gasteiger partial charge is 0.240 e. The summed E-state index contributed by atoms with van der Waals surface area (Å²) in [5, 5.41) is 0. The topological polar surface area (TPSA) is 24.7 Å². The van der Waals surface area contributed by atoms with E-state index in [2.05, 4.69) is 23.8 Å². The quantitative estimate of drug-likeness (QED) is 0.0985. The Morgan fingerprint density at radius 3 is 1.25 bits per heavy atom. The molecule has 0 aromatic rings. The van der Waals surface area contributed by atoms with Crippen molar-refractivity contribution < 1.29 is 0 Å². The van der Waals surface area contributed by atoms with Gasteiger partial charge in [0.2, 0.25) is 6.17 Å². The molecule has 0 aliphatic carbocycles. The molecule has 2 nitrogen and oxygen atoms in total. The number of rotatable bonds is 25. The minimum atomic E-state index is 0.963. The lowest BCUT2D eigenvalue weighted by Crippen LogP contribution is -2.02. The van der Waals surface area contributed by atoms with Gasteiger partial charge in [-0.15, -0.1) is 0 Å². The minimum absolute atomic E-state index is 0.963. The van der Waals surface area contributed by atoms with Crippen LogP contribution >= 0.6 is 0 Å². The molecule has 186 valence electrons. The summed E-state index contributed by atoms with van der Waals surface area (Å²) in [6.07, 6.45) is 38.8. The summed E-state index contributed by atoms with van der Waals surface area (Å²) in [7, 11) is 0. The van der Waals surface area contributed by atoms with E-state index in [1.54, 1.807) is 0 Å². The Hall–Kier alpha value is -0.790. The van der Waals surface area contributed by atoms with Gasteiger partial charge in [0.1, 0.15) is 0 Å². The Morgan fingerprint density at radius 2 is 0.812 bits per heavy atom. The molecule has 0 radical (unpaired) electrons. The first-order valence-corrected chi connectivity index (χ1v) is 14.8. The Bertz CT molecular complexity index is 417. The second kappa shape index (κ2) is 23.4. The van der Waals surface area contributed by atoms with Crippen LogP contribution in [0.2, 0.25) is 0 Å². The summed E-state index contributed by atoms with van der Waals surface area (Å²) >= 11 is 0. The van der Waals surface area contributed by atoms with Crippen molar-refractivity contribution in [3.63, 3.8) is 0 Å². The van der Waals surface area contributed by atoms with Crippen molar-refractivity contribution in [1.82, 2.24) is 0 Å². The average Bonchev–Trinajstić information content (AvgIpc) is 3.32. The van der Waals surface area contributed by atoms with Crippen molar-refractivity contribution in [3.05, 3.63) is 6.17 Å². The van der Waals surface area contributed by atoms with Crippen LogP contribution in [0.25, 0.3) is 0 Å². The van der Waals surface area contributed by atoms with E-state index in [0.29, 0.717) is 0 Å². The van der Waals surface area contributed by atoms with Gasteiger partial charge in [-0.3, -0.25) is 0 Å². The molecule has 0 aromatic heterocycles. The molecule has 0 aromatic carbocycles. The maximum atomic E-state index is 4.31. The van der Waals surface area contributed by atoms with Crippen molar-refractivity contribution in [2.45, 2.75) is 168 Å². The normalized spacial score (nSPS) is 14.0. The minimum Gasteiger partial charge on any atom is -0.0968 e. The first-order chi connectivity index (χ1) is 15.9. The van der Waals surface area contributed by atoms with Gasteiger partial charge in [0, 0.05) is 0 Å². The third-order valence-corrected chi connectivity index (χ3v) is 7.21. The van der Waals surface area contributed by atoms with Gasteiger partial charge in [-0.05, 0) is 12.3 Å². The van der Waals surface area contributed by atoms with Crippen molar-refractivity contribution in [1.29, 1.82) is 0 Å². The van der Waals surface area contributed by atoms with Crippen molar-refractivity contribution in [2.24, 2.45) is 15.9 Å². The summed E-state index contributed by atoms with van der Waals surface area (Å²) in [4.78, 5) is 8.62. The van der Waals surface area contributed by atoms with Crippen LogP contribution in [0.5, 0.6) is 0 Å². The van der Waals surface area contributed by atoms with Gasteiger partial charge >= 0.3 is 0 Å². The fourth-order valence-corrected chi connectivity index (χ4v) is 5.04. The van der Waals surface area contributed by atoms with Crippen molar-refractivity contribution in [3.8, 4) is 0 Å². The molecule has 1 aliphatic heterocycles. The van der Waals surface area contributed by atoms with E-state index in [0.717, 1.165) is 18.5 Å². The molecular weight excluding hydrogens is 388 g/mol. The van der Waals surface area contributed by atoms with Gasteiger partial charge in [0.05, 0.1) is 6.42 Å². The van der Waals surface area contributed by atoms with E-state index >= 15 is 0 Å². The average molecular weight is 446 g/mol. The molecule has 0 spiro atoms. The number of aliphatic imine (C=N–C) groups is 2. The molecule has 2 heteroatoms. The van der Waals surface area contributed by atoms with E-state index in [9.17, 15) is 0 Å². The number of hydrogen-bond donors (Lipinski definition) is 0. The van der Waals surface area contributed by atoms with Crippen molar-refractivity contribution >= 4 is 12.4 Å².